The third-order valence-corrected chi connectivity index (χ3v) is 4.11. The molecule has 1 aliphatic heterocycles. The van der Waals surface area contributed by atoms with E-state index >= 15 is 0 Å². The summed E-state index contributed by atoms with van der Waals surface area (Å²) in [5, 5.41) is 16.5. The molecule has 0 unspecified atom stereocenters. The molecule has 0 spiro atoms. The van der Waals surface area contributed by atoms with Gasteiger partial charge in [-0.1, -0.05) is 37.3 Å². The minimum Gasteiger partial charge on any atom is -0.388 e. The van der Waals surface area contributed by atoms with Gasteiger partial charge in [-0.05, 0) is 31.4 Å². The fourth-order valence-corrected chi connectivity index (χ4v) is 2.82. The summed E-state index contributed by atoms with van der Waals surface area (Å²) in [5.74, 6) is 0.373. The predicted octanol–water partition coefficient (Wildman–Crippen LogP) is 1.61. The molecule has 1 heterocycles. The van der Waals surface area contributed by atoms with Gasteiger partial charge in [0.2, 0.25) is 5.91 Å². The summed E-state index contributed by atoms with van der Waals surface area (Å²) >= 11 is 0. The summed E-state index contributed by atoms with van der Waals surface area (Å²) in [6.07, 6.45) is 0.439. The van der Waals surface area contributed by atoms with Crippen molar-refractivity contribution in [3.63, 3.8) is 0 Å². The number of nitrogens with one attached hydrogen (secondary N) is 2. The zero-order chi connectivity index (χ0) is 14.5. The quantitative estimate of drug-likeness (QED) is 0.783. The Labute approximate surface area is 120 Å². The van der Waals surface area contributed by atoms with Crippen LogP contribution in [-0.4, -0.2) is 29.6 Å². The fraction of sp³-hybridized carbons (Fsp3) is 0.562. The molecule has 4 nitrogen and oxygen atoms in total. The SMILES string of the molecule is C[C@@H]1CCN[C@H](C)[C@H]1NC(=O)C[C@@H](O)c1ccccc1. The molecular weight excluding hydrogens is 252 g/mol. The molecule has 4 heteroatoms. The molecule has 0 aromatic heterocycles. The van der Waals surface area contributed by atoms with Crippen molar-refractivity contribution in [1.82, 2.24) is 10.6 Å². The van der Waals surface area contributed by atoms with Gasteiger partial charge in [-0.25, -0.2) is 0 Å². The minimum atomic E-state index is -0.738. The number of hydrogen-bond donors (Lipinski definition) is 3. The van der Waals surface area contributed by atoms with Crippen LogP contribution in [0.2, 0.25) is 0 Å². The van der Waals surface area contributed by atoms with Gasteiger partial charge < -0.3 is 15.7 Å². The lowest BCUT2D eigenvalue weighted by atomic mass is 9.89. The Morgan fingerprint density at radius 3 is 2.75 bits per heavy atom. The van der Waals surface area contributed by atoms with E-state index in [1.807, 2.05) is 30.3 Å². The van der Waals surface area contributed by atoms with Gasteiger partial charge in [-0.3, -0.25) is 4.79 Å². The molecule has 0 aliphatic carbocycles. The largest absolute Gasteiger partial charge is 0.388 e. The maximum Gasteiger partial charge on any atom is 0.223 e. The van der Waals surface area contributed by atoms with Gasteiger partial charge in [0.1, 0.15) is 0 Å². The third kappa shape index (κ3) is 3.81. The van der Waals surface area contributed by atoms with Crippen LogP contribution in [0.15, 0.2) is 30.3 Å². The Bertz CT molecular complexity index is 425. The topological polar surface area (TPSA) is 61.4 Å². The van der Waals surface area contributed by atoms with E-state index in [1.54, 1.807) is 0 Å². The van der Waals surface area contributed by atoms with Crippen molar-refractivity contribution in [3.05, 3.63) is 35.9 Å². The molecule has 0 bridgehead atoms. The lowest BCUT2D eigenvalue weighted by molar-refractivity contribution is -0.124. The second-order valence-corrected chi connectivity index (χ2v) is 5.73. The standard InChI is InChI=1S/C16H24N2O2/c1-11-8-9-17-12(2)16(11)18-15(20)10-14(19)13-6-4-3-5-7-13/h3-7,11-12,14,16-17,19H,8-10H2,1-2H3,(H,18,20)/t11-,12-,14-,16+/m1/s1. The molecule has 1 amide bonds. The Balaban J connectivity index is 1.89. The first-order chi connectivity index (χ1) is 9.58. The lowest BCUT2D eigenvalue weighted by Gasteiger charge is -2.36. The number of carbonyl (C=O) groups excluding carboxylic acids is 1. The molecule has 4 atom stereocenters. The smallest absolute Gasteiger partial charge is 0.223 e. The van der Waals surface area contributed by atoms with E-state index in [1.165, 1.54) is 0 Å². The average Bonchev–Trinajstić information content (AvgIpc) is 2.44. The summed E-state index contributed by atoms with van der Waals surface area (Å²) in [6, 6.07) is 9.72. The molecular formula is C16H24N2O2. The second kappa shape index (κ2) is 6.86. The maximum atomic E-state index is 12.1. The van der Waals surface area contributed by atoms with Crippen LogP contribution in [0.1, 0.15) is 38.4 Å². The number of rotatable bonds is 4. The highest BCUT2D eigenvalue weighted by molar-refractivity contribution is 5.77. The van der Waals surface area contributed by atoms with E-state index in [2.05, 4.69) is 24.5 Å². The Hall–Kier alpha value is -1.39. The molecule has 1 saturated heterocycles. The Morgan fingerprint density at radius 1 is 1.40 bits per heavy atom. The molecule has 20 heavy (non-hydrogen) atoms. The van der Waals surface area contributed by atoms with E-state index in [-0.39, 0.29) is 24.4 Å². The summed E-state index contributed by atoms with van der Waals surface area (Å²) < 4.78 is 0. The molecule has 1 fully saturated rings. The molecule has 1 aromatic rings. The van der Waals surface area contributed by atoms with Gasteiger partial charge in [-0.2, -0.15) is 0 Å². The molecule has 3 N–H and O–H groups in total. The summed E-state index contributed by atoms with van der Waals surface area (Å²) in [6.45, 7) is 5.26. The highest BCUT2D eigenvalue weighted by Crippen LogP contribution is 2.19. The first-order valence-electron chi connectivity index (χ1n) is 7.33. The number of amides is 1. The molecule has 1 aromatic carbocycles. The van der Waals surface area contributed by atoms with Crippen molar-refractivity contribution < 1.29 is 9.90 Å². The van der Waals surface area contributed by atoms with Gasteiger partial charge in [0, 0.05) is 12.1 Å². The summed E-state index contributed by atoms with van der Waals surface area (Å²) in [7, 11) is 0. The number of benzene rings is 1. The van der Waals surface area contributed by atoms with Crippen LogP contribution in [-0.2, 0) is 4.79 Å². The van der Waals surface area contributed by atoms with Crippen molar-refractivity contribution in [2.75, 3.05) is 6.54 Å². The molecule has 1 aliphatic rings. The minimum absolute atomic E-state index is 0.0891. The lowest BCUT2D eigenvalue weighted by Crippen LogP contribution is -2.56. The number of carbonyl (C=O) groups is 1. The number of hydrogen-bond acceptors (Lipinski definition) is 3. The van der Waals surface area contributed by atoms with Crippen molar-refractivity contribution in [2.24, 2.45) is 5.92 Å². The summed E-state index contributed by atoms with van der Waals surface area (Å²) in [5.41, 5.74) is 0.783. The van der Waals surface area contributed by atoms with E-state index in [9.17, 15) is 9.90 Å². The van der Waals surface area contributed by atoms with Crippen LogP contribution >= 0.6 is 0 Å². The van der Waals surface area contributed by atoms with E-state index in [0.717, 1.165) is 18.5 Å². The van der Waals surface area contributed by atoms with Crippen LogP contribution in [0.3, 0.4) is 0 Å². The van der Waals surface area contributed by atoms with Crippen molar-refractivity contribution >= 4 is 5.91 Å². The summed E-state index contributed by atoms with van der Waals surface area (Å²) in [4.78, 5) is 12.1. The van der Waals surface area contributed by atoms with Crippen molar-refractivity contribution in [1.29, 1.82) is 0 Å². The molecule has 110 valence electrons. The normalized spacial score (nSPS) is 27.9. The number of aliphatic hydroxyl groups excluding tert-OH is 1. The fourth-order valence-electron chi connectivity index (χ4n) is 2.82. The first-order valence-corrected chi connectivity index (χ1v) is 7.33. The van der Waals surface area contributed by atoms with Crippen molar-refractivity contribution in [2.45, 2.75) is 44.9 Å². The van der Waals surface area contributed by atoms with Gasteiger partial charge in [-0.15, -0.1) is 0 Å². The van der Waals surface area contributed by atoms with Crippen LogP contribution < -0.4 is 10.6 Å². The average molecular weight is 276 g/mol. The zero-order valence-corrected chi connectivity index (χ0v) is 12.2. The second-order valence-electron chi connectivity index (χ2n) is 5.73. The van der Waals surface area contributed by atoms with Crippen LogP contribution in [0.25, 0.3) is 0 Å². The number of piperidine rings is 1. The third-order valence-electron chi connectivity index (χ3n) is 4.11. The molecule has 0 radical (unpaired) electrons. The Kier molecular flexibility index (Phi) is 5.15. The first kappa shape index (κ1) is 15.0. The maximum absolute atomic E-state index is 12.1. The van der Waals surface area contributed by atoms with E-state index < -0.39 is 6.10 Å². The highest BCUT2D eigenvalue weighted by atomic mass is 16.3. The van der Waals surface area contributed by atoms with E-state index in [0.29, 0.717) is 5.92 Å². The van der Waals surface area contributed by atoms with Crippen molar-refractivity contribution in [3.8, 4) is 0 Å². The van der Waals surface area contributed by atoms with Crippen LogP contribution in [0.4, 0.5) is 0 Å². The molecule has 2 rings (SSSR count). The van der Waals surface area contributed by atoms with Gasteiger partial charge >= 0.3 is 0 Å². The van der Waals surface area contributed by atoms with Gasteiger partial charge in [0.15, 0.2) is 0 Å². The van der Waals surface area contributed by atoms with Gasteiger partial charge in [0.05, 0.1) is 12.5 Å². The van der Waals surface area contributed by atoms with E-state index in [4.69, 9.17) is 0 Å². The highest BCUT2D eigenvalue weighted by Gasteiger charge is 2.29. The molecule has 0 saturated carbocycles. The van der Waals surface area contributed by atoms with Gasteiger partial charge in [0.25, 0.3) is 0 Å². The zero-order valence-electron chi connectivity index (χ0n) is 12.2. The number of aliphatic hydroxyl groups is 1. The predicted molar refractivity (Wildman–Crippen MR) is 79.2 cm³/mol. The monoisotopic (exact) mass is 276 g/mol. The Morgan fingerprint density at radius 2 is 2.10 bits per heavy atom. The van der Waals surface area contributed by atoms with Crippen LogP contribution in [0.5, 0.6) is 0 Å². The van der Waals surface area contributed by atoms with Crippen LogP contribution in [0, 0.1) is 5.92 Å².